The summed E-state index contributed by atoms with van der Waals surface area (Å²) in [7, 11) is 1.47. The summed E-state index contributed by atoms with van der Waals surface area (Å²) in [5, 5.41) is 3.31. The fourth-order valence-corrected chi connectivity index (χ4v) is 3.11. The number of hydrogen-bond donors (Lipinski definition) is 1. The Kier molecular flexibility index (Phi) is 6.51. The smallest absolute Gasteiger partial charge is 0.349 e. The number of carbonyl (C=O) groups is 2. The van der Waals surface area contributed by atoms with Crippen molar-refractivity contribution in [2.75, 3.05) is 13.7 Å². The number of amides is 1. The van der Waals surface area contributed by atoms with Gasteiger partial charge >= 0.3 is 11.6 Å². The number of carbonyl (C=O) groups excluding carboxylic acids is 2. The number of methoxy groups -OCH3 is 1. The third kappa shape index (κ3) is 4.68. The van der Waals surface area contributed by atoms with Gasteiger partial charge in [-0.1, -0.05) is 42.0 Å². The second-order valence-corrected chi connectivity index (χ2v) is 6.77. The lowest BCUT2D eigenvalue weighted by Gasteiger charge is -2.18. The fourth-order valence-electron chi connectivity index (χ4n) is 3.11. The van der Waals surface area contributed by atoms with Crippen LogP contribution < -0.4 is 15.7 Å². The van der Waals surface area contributed by atoms with Gasteiger partial charge in [-0.3, -0.25) is 9.59 Å². The zero-order valence-electron chi connectivity index (χ0n) is 17.1. The van der Waals surface area contributed by atoms with Crippen molar-refractivity contribution in [2.24, 2.45) is 0 Å². The van der Waals surface area contributed by atoms with Crippen LogP contribution >= 0.6 is 0 Å². The monoisotopic (exact) mass is 409 g/mol. The number of ether oxygens (including phenoxy) is 2. The molecule has 1 atom stereocenters. The van der Waals surface area contributed by atoms with Crippen molar-refractivity contribution in [3.05, 3.63) is 75.6 Å². The van der Waals surface area contributed by atoms with E-state index in [4.69, 9.17) is 13.9 Å². The van der Waals surface area contributed by atoms with E-state index in [0.29, 0.717) is 11.1 Å². The second-order valence-electron chi connectivity index (χ2n) is 6.77. The fraction of sp³-hybridized carbons (Fsp3) is 0.261. The van der Waals surface area contributed by atoms with Crippen LogP contribution in [0.4, 0.5) is 0 Å². The standard InChI is InChI=1S/C23H23NO6/c1-4-29-20(25)13-18(15-10-8-14(2)9-11-15)24-22(26)17-12-16-6-5-7-19(28-3)21(16)30-23(17)27/h5-12,18H,4,13H2,1-3H3,(H,24,26). The predicted molar refractivity (Wildman–Crippen MR) is 112 cm³/mol. The van der Waals surface area contributed by atoms with Crippen LogP contribution in [0.1, 0.15) is 40.9 Å². The number of esters is 1. The first kappa shape index (κ1) is 21.1. The van der Waals surface area contributed by atoms with Crippen molar-refractivity contribution in [1.29, 1.82) is 0 Å². The van der Waals surface area contributed by atoms with Crippen LogP contribution in [0.3, 0.4) is 0 Å². The molecule has 3 rings (SSSR count). The zero-order chi connectivity index (χ0) is 21.7. The maximum Gasteiger partial charge on any atom is 0.349 e. The molecule has 1 aromatic heterocycles. The lowest BCUT2D eigenvalue weighted by Crippen LogP contribution is -2.33. The second kappa shape index (κ2) is 9.26. The largest absolute Gasteiger partial charge is 0.493 e. The quantitative estimate of drug-likeness (QED) is 0.474. The van der Waals surface area contributed by atoms with Crippen LogP contribution in [0.15, 0.2) is 57.7 Å². The highest BCUT2D eigenvalue weighted by atomic mass is 16.5. The number of hydrogen-bond acceptors (Lipinski definition) is 6. The molecule has 0 saturated carbocycles. The van der Waals surface area contributed by atoms with Gasteiger partial charge in [0.1, 0.15) is 5.56 Å². The summed E-state index contributed by atoms with van der Waals surface area (Å²) >= 11 is 0. The van der Waals surface area contributed by atoms with Gasteiger partial charge in [0.25, 0.3) is 5.91 Å². The van der Waals surface area contributed by atoms with E-state index in [0.717, 1.165) is 11.1 Å². The summed E-state index contributed by atoms with van der Waals surface area (Å²) in [5.74, 6) is -0.682. The molecule has 3 aromatic rings. The van der Waals surface area contributed by atoms with Crippen molar-refractivity contribution in [2.45, 2.75) is 26.3 Å². The molecule has 0 saturated heterocycles. The van der Waals surface area contributed by atoms with Crippen LogP contribution in [0, 0.1) is 6.92 Å². The summed E-state index contributed by atoms with van der Waals surface area (Å²) in [6.45, 7) is 3.90. The molecule has 1 N–H and O–H groups in total. The number of rotatable bonds is 7. The summed E-state index contributed by atoms with van der Waals surface area (Å²) in [6.07, 6.45) is -0.0601. The Morgan fingerprint density at radius 1 is 1.13 bits per heavy atom. The van der Waals surface area contributed by atoms with Crippen LogP contribution in [-0.2, 0) is 9.53 Å². The molecule has 0 aliphatic heterocycles. The van der Waals surface area contributed by atoms with Gasteiger partial charge in [-0.15, -0.1) is 0 Å². The van der Waals surface area contributed by atoms with E-state index in [-0.39, 0.29) is 24.2 Å². The van der Waals surface area contributed by atoms with Crippen molar-refractivity contribution < 1.29 is 23.5 Å². The highest BCUT2D eigenvalue weighted by molar-refractivity contribution is 5.97. The normalized spacial score (nSPS) is 11.7. The summed E-state index contributed by atoms with van der Waals surface area (Å²) < 4.78 is 15.5. The van der Waals surface area contributed by atoms with Crippen LogP contribution in [-0.4, -0.2) is 25.6 Å². The van der Waals surface area contributed by atoms with Crippen LogP contribution in [0.25, 0.3) is 11.0 Å². The highest BCUT2D eigenvalue weighted by Gasteiger charge is 2.23. The van der Waals surface area contributed by atoms with E-state index in [1.165, 1.54) is 13.2 Å². The average molecular weight is 409 g/mol. The van der Waals surface area contributed by atoms with E-state index in [1.54, 1.807) is 25.1 Å². The Balaban J connectivity index is 1.93. The molecule has 0 spiro atoms. The Bertz CT molecular complexity index is 1120. The highest BCUT2D eigenvalue weighted by Crippen LogP contribution is 2.25. The first-order valence-corrected chi connectivity index (χ1v) is 9.56. The van der Waals surface area contributed by atoms with Gasteiger partial charge in [-0.05, 0) is 31.5 Å². The van der Waals surface area contributed by atoms with Gasteiger partial charge in [0.2, 0.25) is 0 Å². The molecule has 7 nitrogen and oxygen atoms in total. The first-order chi connectivity index (χ1) is 14.4. The Hall–Kier alpha value is -3.61. The van der Waals surface area contributed by atoms with Crippen molar-refractivity contribution in [3.8, 4) is 5.75 Å². The minimum Gasteiger partial charge on any atom is -0.493 e. The third-order valence-electron chi connectivity index (χ3n) is 4.65. The molecule has 0 aliphatic carbocycles. The van der Waals surface area contributed by atoms with Gasteiger partial charge in [-0.2, -0.15) is 0 Å². The van der Waals surface area contributed by atoms with Gasteiger partial charge < -0.3 is 19.2 Å². The molecular weight excluding hydrogens is 386 g/mol. The minimum absolute atomic E-state index is 0.0601. The lowest BCUT2D eigenvalue weighted by molar-refractivity contribution is -0.143. The summed E-state index contributed by atoms with van der Waals surface area (Å²) in [5.41, 5.74) is 1.10. The number of benzene rings is 2. The SMILES string of the molecule is CCOC(=O)CC(NC(=O)c1cc2cccc(OC)c2oc1=O)c1ccc(C)cc1. The Morgan fingerprint density at radius 2 is 1.87 bits per heavy atom. The molecule has 1 unspecified atom stereocenters. The molecular formula is C23H23NO6. The Labute approximate surface area is 173 Å². The average Bonchev–Trinajstić information content (AvgIpc) is 2.73. The lowest BCUT2D eigenvalue weighted by atomic mass is 10.0. The van der Waals surface area contributed by atoms with E-state index in [2.05, 4.69) is 5.32 Å². The topological polar surface area (TPSA) is 94.8 Å². The number of para-hydroxylation sites is 1. The van der Waals surface area contributed by atoms with Gasteiger partial charge in [0, 0.05) is 5.39 Å². The number of aryl methyl sites for hydroxylation is 1. The van der Waals surface area contributed by atoms with Gasteiger partial charge in [0.15, 0.2) is 11.3 Å². The molecule has 2 aromatic carbocycles. The maximum atomic E-state index is 12.9. The maximum absolute atomic E-state index is 12.9. The third-order valence-corrected chi connectivity index (χ3v) is 4.65. The molecule has 0 radical (unpaired) electrons. The summed E-state index contributed by atoms with van der Waals surface area (Å²) in [4.78, 5) is 37.4. The van der Waals surface area contributed by atoms with Crippen LogP contribution in [0.5, 0.6) is 5.75 Å². The number of fused-ring (bicyclic) bond motifs is 1. The van der Waals surface area contributed by atoms with Crippen molar-refractivity contribution in [3.63, 3.8) is 0 Å². The molecule has 156 valence electrons. The van der Waals surface area contributed by atoms with Crippen LogP contribution in [0.2, 0.25) is 0 Å². The Morgan fingerprint density at radius 3 is 2.53 bits per heavy atom. The molecule has 1 heterocycles. The molecule has 1 amide bonds. The molecule has 0 fully saturated rings. The van der Waals surface area contributed by atoms with Gasteiger partial charge in [0.05, 0.1) is 26.2 Å². The molecule has 0 bridgehead atoms. The predicted octanol–water partition coefficient (Wildman–Crippen LogP) is 3.53. The van der Waals surface area contributed by atoms with Gasteiger partial charge in [-0.25, -0.2) is 4.79 Å². The van der Waals surface area contributed by atoms with E-state index < -0.39 is 23.5 Å². The van der Waals surface area contributed by atoms with E-state index in [1.807, 2.05) is 31.2 Å². The number of nitrogens with one attached hydrogen (secondary N) is 1. The van der Waals surface area contributed by atoms with E-state index >= 15 is 0 Å². The molecule has 7 heteroatoms. The van der Waals surface area contributed by atoms with Crippen molar-refractivity contribution in [1.82, 2.24) is 5.32 Å². The minimum atomic E-state index is -0.789. The van der Waals surface area contributed by atoms with E-state index in [9.17, 15) is 14.4 Å². The van der Waals surface area contributed by atoms with Crippen molar-refractivity contribution >= 4 is 22.8 Å². The molecule has 30 heavy (non-hydrogen) atoms. The zero-order valence-corrected chi connectivity index (χ0v) is 17.1. The summed E-state index contributed by atoms with van der Waals surface area (Å²) in [6, 6.07) is 13.3. The first-order valence-electron chi connectivity index (χ1n) is 9.56. The molecule has 0 aliphatic rings.